The molecule has 2 aromatic rings. The Labute approximate surface area is 166 Å². The van der Waals surface area contributed by atoms with E-state index < -0.39 is 0 Å². The Kier molecular flexibility index (Phi) is 6.74. The minimum absolute atomic E-state index is 0.189. The summed E-state index contributed by atoms with van der Waals surface area (Å²) in [4.78, 5) is 20.8. The smallest absolute Gasteiger partial charge is 0.251 e. The monoisotopic (exact) mass is 380 g/mol. The summed E-state index contributed by atoms with van der Waals surface area (Å²) in [7, 11) is 0. The molecule has 1 aliphatic carbocycles. The standard InChI is InChI=1S/C22H28N4O2/c1-4-6-17(16-8-9-16)13-18(7-5-2)21-25-20(28-26-21)14-24-22(27)19-10-11-23-15(3)12-19/h5,7,10-13,16-17H,4,6,8-9,14H2,1-3H3,(H,24,27)/b7-5-,18-13+. The largest absolute Gasteiger partial charge is 0.343 e. The second-order valence-electron chi connectivity index (χ2n) is 7.29. The number of hydrogen-bond acceptors (Lipinski definition) is 5. The molecular weight excluding hydrogens is 352 g/mol. The molecule has 6 nitrogen and oxygen atoms in total. The van der Waals surface area contributed by atoms with E-state index in [1.807, 2.05) is 26.0 Å². The van der Waals surface area contributed by atoms with Gasteiger partial charge in [0, 0.05) is 23.0 Å². The molecule has 0 aliphatic heterocycles. The predicted molar refractivity (Wildman–Crippen MR) is 108 cm³/mol. The highest BCUT2D eigenvalue weighted by molar-refractivity contribution is 5.94. The number of nitrogens with zero attached hydrogens (tertiary/aromatic N) is 3. The molecule has 1 saturated carbocycles. The zero-order valence-electron chi connectivity index (χ0n) is 16.8. The molecule has 0 bridgehead atoms. The molecule has 0 radical (unpaired) electrons. The van der Waals surface area contributed by atoms with E-state index in [4.69, 9.17) is 4.52 Å². The Morgan fingerprint density at radius 3 is 2.93 bits per heavy atom. The van der Waals surface area contributed by atoms with Crippen LogP contribution in [-0.4, -0.2) is 21.0 Å². The Bertz CT molecular complexity index is 865. The molecular formula is C22H28N4O2. The number of amides is 1. The quantitative estimate of drug-likeness (QED) is 0.648. The van der Waals surface area contributed by atoms with Gasteiger partial charge in [-0.2, -0.15) is 4.98 Å². The number of aromatic nitrogens is 3. The summed E-state index contributed by atoms with van der Waals surface area (Å²) in [5.74, 6) is 2.13. The lowest BCUT2D eigenvalue weighted by molar-refractivity contribution is 0.0946. The molecule has 3 rings (SSSR count). The van der Waals surface area contributed by atoms with E-state index in [0.29, 0.717) is 23.2 Å². The average molecular weight is 380 g/mol. The van der Waals surface area contributed by atoms with Crippen molar-refractivity contribution in [2.24, 2.45) is 11.8 Å². The second kappa shape index (κ2) is 9.44. The molecule has 2 heterocycles. The molecule has 1 N–H and O–H groups in total. The topological polar surface area (TPSA) is 80.9 Å². The maximum atomic E-state index is 12.3. The summed E-state index contributed by atoms with van der Waals surface area (Å²) < 4.78 is 5.36. The minimum Gasteiger partial charge on any atom is -0.343 e. The number of allylic oxidation sites excluding steroid dienone is 4. The van der Waals surface area contributed by atoms with Crippen LogP contribution in [0.3, 0.4) is 0 Å². The summed E-state index contributed by atoms with van der Waals surface area (Å²) in [6.45, 7) is 6.25. The lowest BCUT2D eigenvalue weighted by Crippen LogP contribution is -2.23. The molecule has 28 heavy (non-hydrogen) atoms. The average Bonchev–Trinajstić information content (AvgIpc) is 3.43. The highest BCUT2D eigenvalue weighted by Crippen LogP contribution is 2.41. The Balaban J connectivity index is 1.67. The predicted octanol–water partition coefficient (Wildman–Crippen LogP) is 4.49. The number of carbonyl (C=O) groups is 1. The minimum atomic E-state index is -0.189. The third-order valence-electron chi connectivity index (χ3n) is 4.87. The van der Waals surface area contributed by atoms with Gasteiger partial charge in [-0.15, -0.1) is 0 Å². The highest BCUT2D eigenvalue weighted by atomic mass is 16.5. The van der Waals surface area contributed by atoms with Crippen LogP contribution in [0.15, 0.2) is 41.1 Å². The number of nitrogens with one attached hydrogen (secondary N) is 1. The summed E-state index contributed by atoms with van der Waals surface area (Å²) in [5, 5.41) is 6.94. The van der Waals surface area contributed by atoms with Crippen molar-refractivity contribution in [2.45, 2.75) is 53.0 Å². The van der Waals surface area contributed by atoms with E-state index in [-0.39, 0.29) is 12.5 Å². The molecule has 1 unspecified atom stereocenters. The van der Waals surface area contributed by atoms with E-state index in [0.717, 1.165) is 17.2 Å². The summed E-state index contributed by atoms with van der Waals surface area (Å²) in [6.07, 6.45) is 12.9. The lowest BCUT2D eigenvalue weighted by Gasteiger charge is -2.11. The van der Waals surface area contributed by atoms with Gasteiger partial charge < -0.3 is 9.84 Å². The number of carbonyl (C=O) groups excluding carboxylic acids is 1. The van der Waals surface area contributed by atoms with E-state index >= 15 is 0 Å². The lowest BCUT2D eigenvalue weighted by atomic mass is 9.95. The first-order valence-corrected chi connectivity index (χ1v) is 9.99. The fourth-order valence-corrected chi connectivity index (χ4v) is 3.32. The van der Waals surface area contributed by atoms with Crippen molar-refractivity contribution in [3.63, 3.8) is 0 Å². The van der Waals surface area contributed by atoms with Crippen molar-refractivity contribution in [1.82, 2.24) is 20.4 Å². The van der Waals surface area contributed by atoms with E-state index in [1.165, 1.54) is 25.7 Å². The van der Waals surface area contributed by atoms with Crippen LogP contribution in [0.5, 0.6) is 0 Å². The van der Waals surface area contributed by atoms with Crippen molar-refractivity contribution in [2.75, 3.05) is 0 Å². The molecule has 1 atom stereocenters. The van der Waals surface area contributed by atoms with Gasteiger partial charge in [0.2, 0.25) is 11.7 Å². The highest BCUT2D eigenvalue weighted by Gasteiger charge is 2.29. The van der Waals surface area contributed by atoms with Crippen LogP contribution in [0.4, 0.5) is 0 Å². The van der Waals surface area contributed by atoms with Gasteiger partial charge in [-0.3, -0.25) is 9.78 Å². The van der Waals surface area contributed by atoms with Crippen molar-refractivity contribution in [1.29, 1.82) is 0 Å². The van der Waals surface area contributed by atoms with Gasteiger partial charge in [0.05, 0.1) is 6.54 Å². The fraction of sp³-hybridized carbons (Fsp3) is 0.455. The molecule has 6 heteroatoms. The van der Waals surface area contributed by atoms with Crippen molar-refractivity contribution in [3.8, 4) is 0 Å². The summed E-state index contributed by atoms with van der Waals surface area (Å²) >= 11 is 0. The maximum Gasteiger partial charge on any atom is 0.251 e. The van der Waals surface area contributed by atoms with Gasteiger partial charge in [-0.25, -0.2) is 0 Å². The normalized spacial score (nSPS) is 15.8. The molecule has 0 spiro atoms. The third kappa shape index (κ3) is 5.38. The van der Waals surface area contributed by atoms with Crippen LogP contribution in [0.1, 0.15) is 67.3 Å². The molecule has 148 valence electrons. The van der Waals surface area contributed by atoms with E-state index in [9.17, 15) is 4.79 Å². The number of pyridine rings is 1. The maximum absolute atomic E-state index is 12.3. The fourth-order valence-electron chi connectivity index (χ4n) is 3.32. The zero-order chi connectivity index (χ0) is 19.9. The molecule has 1 amide bonds. The van der Waals surface area contributed by atoms with Crippen LogP contribution < -0.4 is 5.32 Å². The van der Waals surface area contributed by atoms with Crippen LogP contribution >= 0.6 is 0 Å². The van der Waals surface area contributed by atoms with E-state index in [1.54, 1.807) is 18.3 Å². The Morgan fingerprint density at radius 2 is 2.25 bits per heavy atom. The summed E-state index contributed by atoms with van der Waals surface area (Å²) in [6, 6.07) is 3.42. The van der Waals surface area contributed by atoms with Gasteiger partial charge in [0.1, 0.15) is 0 Å². The third-order valence-corrected chi connectivity index (χ3v) is 4.87. The van der Waals surface area contributed by atoms with Gasteiger partial charge in [0.25, 0.3) is 5.91 Å². The van der Waals surface area contributed by atoms with Crippen molar-refractivity contribution < 1.29 is 9.32 Å². The van der Waals surface area contributed by atoms with E-state index in [2.05, 4.69) is 33.4 Å². The molecule has 0 aromatic carbocycles. The molecule has 2 aromatic heterocycles. The molecule has 1 aliphatic rings. The van der Waals surface area contributed by atoms with Crippen LogP contribution in [-0.2, 0) is 6.54 Å². The molecule has 1 fully saturated rings. The first-order valence-electron chi connectivity index (χ1n) is 9.99. The summed E-state index contributed by atoms with van der Waals surface area (Å²) in [5.41, 5.74) is 2.35. The van der Waals surface area contributed by atoms with Crippen LogP contribution in [0.2, 0.25) is 0 Å². The first-order chi connectivity index (χ1) is 13.6. The SMILES string of the molecule is C/C=C\C(=C/C(CCC)C1CC1)c1noc(CNC(=O)c2ccnc(C)c2)n1. The van der Waals surface area contributed by atoms with Crippen molar-refractivity contribution in [3.05, 3.63) is 59.5 Å². The van der Waals surface area contributed by atoms with Gasteiger partial charge in [-0.05, 0) is 57.1 Å². The Hall–Kier alpha value is -2.76. The van der Waals surface area contributed by atoms with Gasteiger partial charge in [-0.1, -0.05) is 36.7 Å². The second-order valence-corrected chi connectivity index (χ2v) is 7.29. The number of rotatable bonds is 9. The van der Waals surface area contributed by atoms with Gasteiger partial charge in [0.15, 0.2) is 0 Å². The molecule has 0 saturated heterocycles. The van der Waals surface area contributed by atoms with Gasteiger partial charge >= 0.3 is 0 Å². The Morgan fingerprint density at radius 1 is 1.43 bits per heavy atom. The first kappa shape index (κ1) is 20.0. The van der Waals surface area contributed by atoms with Crippen LogP contribution in [0.25, 0.3) is 5.57 Å². The number of aryl methyl sites for hydroxylation is 1. The van der Waals surface area contributed by atoms with Crippen LogP contribution in [0, 0.1) is 18.8 Å². The number of hydrogen-bond donors (Lipinski definition) is 1. The van der Waals surface area contributed by atoms with Crippen molar-refractivity contribution >= 4 is 11.5 Å². The zero-order valence-corrected chi connectivity index (χ0v) is 16.8.